The van der Waals surface area contributed by atoms with Crippen molar-refractivity contribution < 1.29 is 14.6 Å². The zero-order valence-electron chi connectivity index (χ0n) is 15.2. The summed E-state index contributed by atoms with van der Waals surface area (Å²) in [5.74, 6) is 1.48. The molecule has 1 unspecified atom stereocenters. The Labute approximate surface area is 145 Å². The van der Waals surface area contributed by atoms with E-state index in [1.165, 1.54) is 0 Å². The lowest BCUT2D eigenvalue weighted by Crippen LogP contribution is -2.39. The Balaban J connectivity index is 2.54. The topological polar surface area (TPSA) is 75.1 Å². The molecule has 0 aliphatic rings. The molecule has 3 N–H and O–H groups in total. The van der Waals surface area contributed by atoms with Gasteiger partial charge in [0.05, 0.1) is 25.4 Å². The highest BCUT2D eigenvalue weighted by Gasteiger charge is 2.08. The van der Waals surface area contributed by atoms with Gasteiger partial charge in [0.25, 0.3) is 0 Å². The van der Waals surface area contributed by atoms with Crippen molar-refractivity contribution in [3.8, 4) is 5.75 Å². The minimum absolute atomic E-state index is 0.135. The summed E-state index contributed by atoms with van der Waals surface area (Å²) in [6, 6.07) is 7.47. The molecule has 1 atom stereocenters. The van der Waals surface area contributed by atoms with Crippen molar-refractivity contribution in [3.05, 3.63) is 29.8 Å². The molecule has 0 spiro atoms. The number of hydrogen-bond acceptors (Lipinski definition) is 4. The Hall–Kier alpha value is -1.79. The third kappa shape index (κ3) is 8.17. The molecule has 0 amide bonds. The van der Waals surface area contributed by atoms with Gasteiger partial charge in [-0.15, -0.1) is 0 Å². The second-order valence-electron chi connectivity index (χ2n) is 5.59. The fourth-order valence-corrected chi connectivity index (χ4v) is 2.05. The Morgan fingerprint density at radius 2 is 1.88 bits per heavy atom. The van der Waals surface area contributed by atoms with Crippen LogP contribution >= 0.6 is 0 Å². The molecular formula is C18H31N3O3. The number of aliphatic hydroxyl groups is 1. The minimum atomic E-state index is -0.652. The van der Waals surface area contributed by atoms with E-state index in [0.717, 1.165) is 17.9 Å². The van der Waals surface area contributed by atoms with Gasteiger partial charge < -0.3 is 25.2 Å². The van der Waals surface area contributed by atoms with E-state index in [-0.39, 0.29) is 12.6 Å². The van der Waals surface area contributed by atoms with E-state index in [1.807, 2.05) is 52.0 Å². The van der Waals surface area contributed by atoms with Crippen molar-refractivity contribution in [2.45, 2.75) is 39.9 Å². The third-order valence-electron chi connectivity index (χ3n) is 3.15. The molecule has 0 aromatic heterocycles. The fraction of sp³-hybridized carbons (Fsp3) is 0.611. The molecule has 1 aromatic carbocycles. The summed E-state index contributed by atoms with van der Waals surface area (Å²) < 4.78 is 10.9. The fourth-order valence-electron chi connectivity index (χ4n) is 2.05. The predicted octanol–water partition coefficient (Wildman–Crippen LogP) is 2.10. The zero-order valence-corrected chi connectivity index (χ0v) is 15.2. The maximum absolute atomic E-state index is 10.3. The van der Waals surface area contributed by atoms with E-state index in [0.29, 0.717) is 25.7 Å². The van der Waals surface area contributed by atoms with E-state index in [4.69, 9.17) is 9.47 Å². The van der Waals surface area contributed by atoms with Crippen LogP contribution in [0.1, 0.15) is 39.4 Å². The van der Waals surface area contributed by atoms with Crippen LogP contribution < -0.4 is 15.4 Å². The molecule has 0 heterocycles. The molecule has 0 aliphatic carbocycles. The molecule has 136 valence electrons. The van der Waals surface area contributed by atoms with E-state index < -0.39 is 6.10 Å². The molecule has 0 fully saturated rings. The summed E-state index contributed by atoms with van der Waals surface area (Å²) in [5.41, 5.74) is 0.819. The van der Waals surface area contributed by atoms with Crippen molar-refractivity contribution >= 4 is 5.96 Å². The second-order valence-corrected chi connectivity index (χ2v) is 5.59. The van der Waals surface area contributed by atoms with E-state index in [2.05, 4.69) is 15.6 Å². The van der Waals surface area contributed by atoms with Crippen molar-refractivity contribution in [2.75, 3.05) is 32.8 Å². The third-order valence-corrected chi connectivity index (χ3v) is 3.15. The molecule has 0 saturated heterocycles. The molecule has 6 heteroatoms. The van der Waals surface area contributed by atoms with Gasteiger partial charge in [-0.2, -0.15) is 0 Å². The average molecular weight is 337 g/mol. The van der Waals surface area contributed by atoms with Gasteiger partial charge in [-0.3, -0.25) is 4.99 Å². The highest BCUT2D eigenvalue weighted by molar-refractivity contribution is 5.79. The maximum Gasteiger partial charge on any atom is 0.191 e. The van der Waals surface area contributed by atoms with Gasteiger partial charge >= 0.3 is 0 Å². The Kier molecular flexibility index (Phi) is 9.88. The lowest BCUT2D eigenvalue weighted by Gasteiger charge is -2.14. The van der Waals surface area contributed by atoms with Crippen LogP contribution in [-0.4, -0.2) is 50.0 Å². The average Bonchev–Trinajstić information content (AvgIpc) is 2.56. The minimum Gasteiger partial charge on any atom is -0.491 e. The summed E-state index contributed by atoms with van der Waals surface area (Å²) in [6.07, 6.45) is -0.517. The van der Waals surface area contributed by atoms with Crippen LogP contribution in [0.15, 0.2) is 29.3 Å². The Bertz CT molecular complexity index is 475. The van der Waals surface area contributed by atoms with Crippen molar-refractivity contribution in [2.24, 2.45) is 4.99 Å². The molecule has 0 bridgehead atoms. The first kappa shape index (κ1) is 20.3. The summed E-state index contributed by atoms with van der Waals surface area (Å²) in [5, 5.41) is 16.6. The van der Waals surface area contributed by atoms with Gasteiger partial charge in [-0.05, 0) is 45.4 Å². The first-order chi connectivity index (χ1) is 11.6. The summed E-state index contributed by atoms with van der Waals surface area (Å²) in [6.45, 7) is 11.0. The van der Waals surface area contributed by atoms with E-state index in [1.54, 1.807) is 0 Å². The summed E-state index contributed by atoms with van der Waals surface area (Å²) in [7, 11) is 0. The number of rotatable bonds is 10. The van der Waals surface area contributed by atoms with Gasteiger partial charge in [-0.25, -0.2) is 0 Å². The van der Waals surface area contributed by atoms with Gasteiger partial charge in [0.15, 0.2) is 5.96 Å². The van der Waals surface area contributed by atoms with Crippen LogP contribution in [0.25, 0.3) is 0 Å². The predicted molar refractivity (Wildman–Crippen MR) is 97.6 cm³/mol. The Morgan fingerprint density at radius 1 is 1.17 bits per heavy atom. The molecule has 0 saturated carbocycles. The van der Waals surface area contributed by atoms with Crippen molar-refractivity contribution in [1.29, 1.82) is 0 Å². The number of ether oxygens (including phenoxy) is 2. The van der Waals surface area contributed by atoms with Crippen LogP contribution in [-0.2, 0) is 4.74 Å². The SMILES string of the molecule is CCNC(=NCC(O)c1ccc(OC(C)C)cc1)NCCOCC. The molecular weight excluding hydrogens is 306 g/mol. The summed E-state index contributed by atoms with van der Waals surface area (Å²) in [4.78, 5) is 4.42. The molecule has 6 nitrogen and oxygen atoms in total. The molecule has 0 radical (unpaired) electrons. The second kappa shape index (κ2) is 11.7. The maximum atomic E-state index is 10.3. The smallest absolute Gasteiger partial charge is 0.191 e. The quantitative estimate of drug-likeness (QED) is 0.346. The Morgan fingerprint density at radius 3 is 2.46 bits per heavy atom. The summed E-state index contributed by atoms with van der Waals surface area (Å²) >= 11 is 0. The first-order valence-electron chi connectivity index (χ1n) is 8.61. The number of nitrogens with one attached hydrogen (secondary N) is 2. The van der Waals surface area contributed by atoms with Crippen LogP contribution in [0, 0.1) is 0 Å². The van der Waals surface area contributed by atoms with Gasteiger partial charge in [-0.1, -0.05) is 12.1 Å². The normalized spacial score (nSPS) is 13.0. The van der Waals surface area contributed by atoms with E-state index >= 15 is 0 Å². The van der Waals surface area contributed by atoms with Crippen LogP contribution in [0.5, 0.6) is 5.75 Å². The van der Waals surface area contributed by atoms with E-state index in [9.17, 15) is 5.11 Å². The molecule has 1 rings (SSSR count). The number of nitrogens with zero attached hydrogens (tertiary/aromatic N) is 1. The standard InChI is InChI=1S/C18H31N3O3/c1-5-19-18(20-11-12-23-6-2)21-13-17(22)15-7-9-16(10-8-15)24-14(3)4/h7-10,14,17,22H,5-6,11-13H2,1-4H3,(H2,19,20,21). The van der Waals surface area contributed by atoms with Crippen LogP contribution in [0.4, 0.5) is 0 Å². The lowest BCUT2D eigenvalue weighted by atomic mass is 10.1. The molecule has 1 aromatic rings. The number of benzene rings is 1. The van der Waals surface area contributed by atoms with Crippen LogP contribution in [0.3, 0.4) is 0 Å². The zero-order chi connectivity index (χ0) is 17.8. The van der Waals surface area contributed by atoms with Crippen molar-refractivity contribution in [3.63, 3.8) is 0 Å². The largest absolute Gasteiger partial charge is 0.491 e. The number of aliphatic imine (C=N–C) groups is 1. The lowest BCUT2D eigenvalue weighted by molar-refractivity contribution is 0.152. The number of hydrogen-bond donors (Lipinski definition) is 3. The highest BCUT2D eigenvalue weighted by Crippen LogP contribution is 2.19. The number of guanidine groups is 1. The first-order valence-corrected chi connectivity index (χ1v) is 8.61. The van der Waals surface area contributed by atoms with Crippen LogP contribution in [0.2, 0.25) is 0 Å². The van der Waals surface area contributed by atoms with Gasteiger partial charge in [0.2, 0.25) is 0 Å². The van der Waals surface area contributed by atoms with Gasteiger partial charge in [0, 0.05) is 19.7 Å². The number of aliphatic hydroxyl groups excluding tert-OH is 1. The van der Waals surface area contributed by atoms with Crippen molar-refractivity contribution in [1.82, 2.24) is 10.6 Å². The molecule has 24 heavy (non-hydrogen) atoms. The monoisotopic (exact) mass is 337 g/mol. The van der Waals surface area contributed by atoms with Gasteiger partial charge in [0.1, 0.15) is 5.75 Å². The molecule has 0 aliphatic heterocycles. The highest BCUT2D eigenvalue weighted by atomic mass is 16.5.